The molecule has 3 aromatic rings. The van der Waals surface area contributed by atoms with E-state index in [9.17, 15) is 9.90 Å². The Hall–Kier alpha value is -2.72. The van der Waals surface area contributed by atoms with E-state index in [0.29, 0.717) is 21.7 Å². The Morgan fingerprint density at radius 2 is 2.00 bits per heavy atom. The number of carbonyl (C=O) groups is 1. The molecule has 0 saturated carbocycles. The summed E-state index contributed by atoms with van der Waals surface area (Å²) < 4.78 is 10.5. The van der Waals surface area contributed by atoms with Gasteiger partial charge in [0.2, 0.25) is 0 Å². The summed E-state index contributed by atoms with van der Waals surface area (Å²) >= 11 is 5.83. The van der Waals surface area contributed by atoms with Gasteiger partial charge in [0.15, 0.2) is 5.78 Å². The maximum absolute atomic E-state index is 12.5. The Labute approximate surface area is 137 Å². The summed E-state index contributed by atoms with van der Waals surface area (Å²) in [6.07, 6.45) is 4.51. The van der Waals surface area contributed by atoms with Gasteiger partial charge in [0.1, 0.15) is 22.6 Å². The van der Waals surface area contributed by atoms with Crippen molar-refractivity contribution >= 4 is 34.4 Å². The zero-order chi connectivity index (χ0) is 16.4. The van der Waals surface area contributed by atoms with Gasteiger partial charge < -0.3 is 14.3 Å². The molecule has 23 heavy (non-hydrogen) atoms. The van der Waals surface area contributed by atoms with Gasteiger partial charge in [-0.15, -0.1) is 0 Å². The van der Waals surface area contributed by atoms with Gasteiger partial charge in [-0.25, -0.2) is 0 Å². The number of fused-ring (bicyclic) bond motifs is 1. The number of phenolic OH excluding ortho intramolecular Hbond substituents is 1. The summed E-state index contributed by atoms with van der Waals surface area (Å²) in [7, 11) is 1.45. The Morgan fingerprint density at radius 3 is 2.70 bits per heavy atom. The van der Waals surface area contributed by atoms with Gasteiger partial charge in [0.25, 0.3) is 0 Å². The smallest absolute Gasteiger partial charge is 0.193 e. The minimum absolute atomic E-state index is 0.103. The molecule has 0 fully saturated rings. The minimum Gasteiger partial charge on any atom is -0.507 e. The lowest BCUT2D eigenvalue weighted by Gasteiger charge is -2.09. The third-order valence-electron chi connectivity index (χ3n) is 3.44. The lowest BCUT2D eigenvalue weighted by Crippen LogP contribution is -2.00. The van der Waals surface area contributed by atoms with Crippen LogP contribution in [0.4, 0.5) is 0 Å². The summed E-state index contributed by atoms with van der Waals surface area (Å²) in [6.45, 7) is 0. The molecular formula is C18H13ClO4. The van der Waals surface area contributed by atoms with Gasteiger partial charge in [-0.1, -0.05) is 29.8 Å². The highest BCUT2D eigenvalue weighted by Crippen LogP contribution is 2.37. The van der Waals surface area contributed by atoms with Gasteiger partial charge in [-0.05, 0) is 29.8 Å². The number of halogens is 1. The van der Waals surface area contributed by atoms with Crippen molar-refractivity contribution in [3.63, 3.8) is 0 Å². The van der Waals surface area contributed by atoms with Crippen molar-refractivity contribution in [1.82, 2.24) is 0 Å². The average Bonchev–Trinajstić information content (AvgIpc) is 3.00. The molecule has 0 radical (unpaired) electrons. The van der Waals surface area contributed by atoms with Gasteiger partial charge in [-0.2, -0.15) is 0 Å². The molecule has 1 heterocycles. The fraction of sp³-hybridized carbons (Fsp3) is 0.0556. The molecule has 1 aromatic heterocycles. The molecule has 0 aliphatic carbocycles. The van der Waals surface area contributed by atoms with Gasteiger partial charge in [-0.3, -0.25) is 4.79 Å². The second kappa shape index (κ2) is 6.18. The molecule has 0 atom stereocenters. The van der Waals surface area contributed by atoms with Crippen LogP contribution < -0.4 is 4.74 Å². The fourth-order valence-corrected chi connectivity index (χ4v) is 2.47. The van der Waals surface area contributed by atoms with Crippen LogP contribution in [-0.4, -0.2) is 18.0 Å². The number of methoxy groups -OCH3 is 1. The van der Waals surface area contributed by atoms with Crippen LogP contribution in [0.5, 0.6) is 11.5 Å². The van der Waals surface area contributed by atoms with Crippen LogP contribution in [0.1, 0.15) is 15.9 Å². The number of rotatable bonds is 4. The SMILES string of the molecule is COc1c(C(=O)/C=C/c2ccc(Cl)cc2)c(O)cc2occc12. The van der Waals surface area contributed by atoms with Crippen LogP contribution in [0.25, 0.3) is 17.0 Å². The van der Waals surface area contributed by atoms with Gasteiger partial charge in [0, 0.05) is 11.1 Å². The highest BCUT2D eigenvalue weighted by molar-refractivity contribution is 6.30. The molecular weight excluding hydrogens is 316 g/mol. The summed E-state index contributed by atoms with van der Waals surface area (Å²) in [5.74, 6) is -0.257. The van der Waals surface area contributed by atoms with Crippen LogP contribution in [0.2, 0.25) is 5.02 Å². The standard InChI is InChI=1S/C18H13ClO4/c1-22-18-13-8-9-23-16(13)10-15(21)17(18)14(20)7-4-11-2-5-12(19)6-3-11/h2-10,21H,1H3/b7-4+. The number of ketones is 1. The second-order valence-corrected chi connectivity index (χ2v) is 5.32. The number of hydrogen-bond acceptors (Lipinski definition) is 4. The summed E-state index contributed by atoms with van der Waals surface area (Å²) in [5, 5.41) is 11.4. The number of ether oxygens (including phenoxy) is 1. The molecule has 0 unspecified atom stereocenters. The highest BCUT2D eigenvalue weighted by Gasteiger charge is 2.20. The van der Waals surface area contributed by atoms with Crippen molar-refractivity contribution in [2.24, 2.45) is 0 Å². The number of carbonyl (C=O) groups excluding carboxylic acids is 1. The Balaban J connectivity index is 2.00. The van der Waals surface area contributed by atoms with Crippen molar-refractivity contribution in [3.05, 3.63) is 64.9 Å². The summed E-state index contributed by atoms with van der Waals surface area (Å²) in [4.78, 5) is 12.5. The van der Waals surface area contributed by atoms with Gasteiger partial charge >= 0.3 is 0 Å². The molecule has 0 saturated heterocycles. The largest absolute Gasteiger partial charge is 0.507 e. The van der Waals surface area contributed by atoms with Crippen LogP contribution in [0.3, 0.4) is 0 Å². The number of hydrogen-bond donors (Lipinski definition) is 1. The van der Waals surface area contributed by atoms with Crippen molar-refractivity contribution in [2.75, 3.05) is 7.11 Å². The lowest BCUT2D eigenvalue weighted by atomic mass is 10.0. The molecule has 1 N–H and O–H groups in total. The third-order valence-corrected chi connectivity index (χ3v) is 3.69. The quantitative estimate of drug-likeness (QED) is 0.557. The molecule has 0 amide bonds. The third kappa shape index (κ3) is 2.94. The predicted octanol–water partition coefficient (Wildman–Crippen LogP) is 4.70. The van der Waals surface area contributed by atoms with Gasteiger partial charge in [0.05, 0.1) is 18.8 Å². The Morgan fingerprint density at radius 1 is 1.26 bits per heavy atom. The lowest BCUT2D eigenvalue weighted by molar-refractivity contribution is 0.104. The topological polar surface area (TPSA) is 59.7 Å². The molecule has 0 bridgehead atoms. The first-order valence-electron chi connectivity index (χ1n) is 6.85. The van der Waals surface area contributed by atoms with E-state index in [1.165, 1.54) is 25.5 Å². The van der Waals surface area contributed by atoms with Crippen molar-refractivity contribution in [1.29, 1.82) is 0 Å². The molecule has 0 spiro atoms. The maximum Gasteiger partial charge on any atom is 0.193 e. The molecule has 0 aliphatic heterocycles. The monoisotopic (exact) mass is 328 g/mol. The highest BCUT2D eigenvalue weighted by atomic mass is 35.5. The molecule has 0 aliphatic rings. The van der Waals surface area contributed by atoms with Crippen LogP contribution in [0, 0.1) is 0 Å². The van der Waals surface area contributed by atoms with E-state index in [4.69, 9.17) is 20.8 Å². The van der Waals surface area contributed by atoms with E-state index in [0.717, 1.165) is 5.56 Å². The van der Waals surface area contributed by atoms with E-state index in [-0.39, 0.29) is 17.1 Å². The van der Waals surface area contributed by atoms with E-state index in [1.807, 2.05) is 0 Å². The average molecular weight is 329 g/mol. The van der Waals surface area contributed by atoms with Crippen LogP contribution >= 0.6 is 11.6 Å². The van der Waals surface area contributed by atoms with E-state index < -0.39 is 0 Å². The van der Waals surface area contributed by atoms with Crippen molar-refractivity contribution in [3.8, 4) is 11.5 Å². The number of aromatic hydroxyl groups is 1. The Kier molecular flexibility index (Phi) is 4.08. The van der Waals surface area contributed by atoms with Crippen molar-refractivity contribution < 1.29 is 19.1 Å². The van der Waals surface area contributed by atoms with E-state index >= 15 is 0 Å². The molecule has 5 heteroatoms. The first kappa shape index (κ1) is 15.2. The van der Waals surface area contributed by atoms with Crippen molar-refractivity contribution in [2.45, 2.75) is 0 Å². The number of benzene rings is 2. The number of allylic oxidation sites excluding steroid dienone is 1. The van der Waals surface area contributed by atoms with Crippen LogP contribution in [-0.2, 0) is 0 Å². The summed E-state index contributed by atoms with van der Waals surface area (Å²) in [5.41, 5.74) is 1.38. The molecule has 4 nitrogen and oxygen atoms in total. The first-order chi connectivity index (χ1) is 11.1. The fourth-order valence-electron chi connectivity index (χ4n) is 2.35. The molecule has 116 valence electrons. The maximum atomic E-state index is 12.5. The molecule has 3 rings (SSSR count). The summed E-state index contributed by atoms with van der Waals surface area (Å²) in [6, 6.07) is 10.2. The minimum atomic E-state index is -0.364. The number of phenols is 1. The normalized spacial score (nSPS) is 11.2. The number of furan rings is 1. The molecule has 2 aromatic carbocycles. The van der Waals surface area contributed by atoms with E-state index in [1.54, 1.807) is 36.4 Å². The first-order valence-corrected chi connectivity index (χ1v) is 7.23. The second-order valence-electron chi connectivity index (χ2n) is 4.89. The van der Waals surface area contributed by atoms with Crippen LogP contribution in [0.15, 0.2) is 53.2 Å². The zero-order valence-corrected chi connectivity index (χ0v) is 13.0. The van der Waals surface area contributed by atoms with E-state index in [2.05, 4.69) is 0 Å². The predicted molar refractivity (Wildman–Crippen MR) is 89.2 cm³/mol. The Bertz CT molecular complexity index is 891. The zero-order valence-electron chi connectivity index (χ0n) is 12.2.